The van der Waals surface area contributed by atoms with Crippen molar-refractivity contribution < 1.29 is 13.9 Å². The van der Waals surface area contributed by atoms with Crippen LogP contribution in [0, 0.1) is 5.82 Å². The smallest absolute Gasteiger partial charge is 0.270 e. The Hall–Kier alpha value is -3.93. The second-order valence-electron chi connectivity index (χ2n) is 7.02. The van der Waals surface area contributed by atoms with E-state index in [1.54, 1.807) is 25.3 Å². The number of methoxy groups -OCH3 is 1. The second-order valence-corrected chi connectivity index (χ2v) is 7.02. The largest absolute Gasteiger partial charge is 0.497 e. The third-order valence-electron chi connectivity index (χ3n) is 4.94. The third-order valence-corrected chi connectivity index (χ3v) is 4.94. The lowest BCUT2D eigenvalue weighted by molar-refractivity contribution is 0.0946. The van der Waals surface area contributed by atoms with Crippen molar-refractivity contribution >= 4 is 5.91 Å². The van der Waals surface area contributed by atoms with Gasteiger partial charge in [0, 0.05) is 12.1 Å². The molecule has 0 saturated carbocycles. The number of nitrogens with one attached hydrogen (secondary N) is 1. The molecule has 1 heterocycles. The van der Waals surface area contributed by atoms with Gasteiger partial charge in [-0.25, -0.2) is 9.07 Å². The first-order chi connectivity index (χ1) is 15.1. The van der Waals surface area contributed by atoms with Crippen molar-refractivity contribution in [3.63, 3.8) is 0 Å². The summed E-state index contributed by atoms with van der Waals surface area (Å²) < 4.78 is 20.2. The first kappa shape index (κ1) is 20.3. The van der Waals surface area contributed by atoms with Crippen molar-refractivity contribution in [1.82, 2.24) is 15.1 Å². The summed E-state index contributed by atoms with van der Waals surface area (Å²) in [6.45, 7) is 0.495. The van der Waals surface area contributed by atoms with E-state index in [-0.39, 0.29) is 11.7 Å². The molecule has 5 nitrogen and oxygen atoms in total. The highest BCUT2D eigenvalue weighted by Gasteiger charge is 2.17. The van der Waals surface area contributed by atoms with Crippen LogP contribution in [0.2, 0.25) is 0 Å². The number of amides is 1. The molecule has 0 aliphatic rings. The van der Waals surface area contributed by atoms with Gasteiger partial charge in [-0.05, 0) is 66.6 Å². The van der Waals surface area contributed by atoms with Crippen LogP contribution in [0.25, 0.3) is 16.9 Å². The van der Waals surface area contributed by atoms with Crippen molar-refractivity contribution in [1.29, 1.82) is 0 Å². The highest BCUT2D eigenvalue weighted by molar-refractivity contribution is 5.94. The summed E-state index contributed by atoms with van der Waals surface area (Å²) in [5.74, 6) is 0.147. The van der Waals surface area contributed by atoms with Crippen LogP contribution in [-0.4, -0.2) is 29.3 Å². The summed E-state index contributed by atoms with van der Waals surface area (Å²) in [5, 5.41) is 7.57. The lowest BCUT2D eigenvalue weighted by Crippen LogP contribution is -2.27. The molecular weight excluding hydrogens is 393 g/mol. The maximum atomic E-state index is 13.4. The van der Waals surface area contributed by atoms with Gasteiger partial charge in [0.1, 0.15) is 17.3 Å². The van der Waals surface area contributed by atoms with Crippen LogP contribution in [0.4, 0.5) is 4.39 Å². The van der Waals surface area contributed by atoms with Crippen molar-refractivity contribution in [2.24, 2.45) is 0 Å². The third kappa shape index (κ3) is 4.80. The summed E-state index contributed by atoms with van der Waals surface area (Å²) in [6.07, 6.45) is 0.725. The van der Waals surface area contributed by atoms with Gasteiger partial charge < -0.3 is 10.1 Å². The van der Waals surface area contributed by atoms with E-state index in [0.29, 0.717) is 23.6 Å². The minimum atomic E-state index is -0.347. The number of benzene rings is 3. The summed E-state index contributed by atoms with van der Waals surface area (Å²) >= 11 is 0. The fourth-order valence-corrected chi connectivity index (χ4v) is 3.28. The number of nitrogens with zero attached hydrogens (tertiary/aromatic N) is 2. The molecule has 1 aromatic heterocycles. The number of aromatic nitrogens is 2. The van der Waals surface area contributed by atoms with Gasteiger partial charge in [-0.1, -0.05) is 30.3 Å². The van der Waals surface area contributed by atoms with Crippen molar-refractivity contribution in [2.45, 2.75) is 6.42 Å². The molecule has 0 unspecified atom stereocenters. The number of ether oxygens (including phenoxy) is 1. The Morgan fingerprint density at radius 1 is 1.00 bits per heavy atom. The van der Waals surface area contributed by atoms with Crippen LogP contribution < -0.4 is 10.1 Å². The highest BCUT2D eigenvalue weighted by Crippen LogP contribution is 2.24. The fourth-order valence-electron chi connectivity index (χ4n) is 3.28. The molecule has 1 amide bonds. The zero-order valence-corrected chi connectivity index (χ0v) is 17.1. The summed E-state index contributed by atoms with van der Waals surface area (Å²) in [5.41, 5.74) is 3.62. The van der Waals surface area contributed by atoms with Crippen LogP contribution in [0.15, 0.2) is 84.9 Å². The molecule has 3 aromatic carbocycles. The number of hydrogen-bond donors (Lipinski definition) is 1. The number of carbonyl (C=O) groups excluding carboxylic acids is 1. The number of rotatable bonds is 7. The SMILES string of the molecule is COc1ccc(-c2cc(C(=O)NCCc3ccccc3)n(-c3ccc(F)cc3)n2)cc1. The van der Waals surface area contributed by atoms with Crippen LogP contribution in [0.3, 0.4) is 0 Å². The molecule has 0 saturated heterocycles. The Labute approximate surface area is 180 Å². The first-order valence-electron chi connectivity index (χ1n) is 9.96. The van der Waals surface area contributed by atoms with Gasteiger partial charge in [-0.2, -0.15) is 5.10 Å². The van der Waals surface area contributed by atoms with Gasteiger partial charge in [-0.15, -0.1) is 0 Å². The van der Waals surface area contributed by atoms with Gasteiger partial charge in [0.15, 0.2) is 0 Å². The summed E-state index contributed by atoms with van der Waals surface area (Å²) in [7, 11) is 1.61. The molecule has 0 aliphatic heterocycles. The molecule has 31 heavy (non-hydrogen) atoms. The summed E-state index contributed by atoms with van der Waals surface area (Å²) in [4.78, 5) is 13.0. The van der Waals surface area contributed by atoms with Gasteiger partial charge >= 0.3 is 0 Å². The Bertz CT molecular complexity index is 1150. The van der Waals surface area contributed by atoms with E-state index >= 15 is 0 Å². The average molecular weight is 415 g/mol. The molecule has 4 rings (SSSR count). The number of hydrogen-bond acceptors (Lipinski definition) is 3. The topological polar surface area (TPSA) is 56.1 Å². The van der Waals surface area contributed by atoms with Crippen LogP contribution in [0.1, 0.15) is 16.1 Å². The number of halogens is 1. The van der Waals surface area contributed by atoms with Crippen LogP contribution in [0.5, 0.6) is 5.75 Å². The van der Waals surface area contributed by atoms with E-state index in [1.807, 2.05) is 54.6 Å². The van der Waals surface area contributed by atoms with Crippen molar-refractivity contribution in [2.75, 3.05) is 13.7 Å². The standard InChI is InChI=1S/C25H22FN3O2/c1-31-22-13-7-19(8-14-22)23-17-24(29(28-23)21-11-9-20(26)10-12-21)25(30)27-16-15-18-5-3-2-4-6-18/h2-14,17H,15-16H2,1H3,(H,27,30). The van der Waals surface area contributed by atoms with Crippen molar-refractivity contribution in [3.8, 4) is 22.7 Å². The molecule has 1 N–H and O–H groups in total. The predicted octanol–water partition coefficient (Wildman–Crippen LogP) is 4.66. The van der Waals surface area contributed by atoms with Gasteiger partial charge in [0.25, 0.3) is 5.91 Å². The lowest BCUT2D eigenvalue weighted by atomic mass is 10.1. The summed E-state index contributed by atoms with van der Waals surface area (Å²) in [6, 6.07) is 25.0. The second kappa shape index (κ2) is 9.26. The normalized spacial score (nSPS) is 10.6. The maximum Gasteiger partial charge on any atom is 0.270 e. The maximum absolute atomic E-state index is 13.4. The zero-order valence-electron chi connectivity index (χ0n) is 17.1. The van der Waals surface area contributed by atoms with E-state index in [1.165, 1.54) is 16.8 Å². The Balaban J connectivity index is 1.61. The van der Waals surface area contributed by atoms with Crippen LogP contribution >= 0.6 is 0 Å². The molecule has 0 aliphatic carbocycles. The van der Waals surface area contributed by atoms with Crippen molar-refractivity contribution in [3.05, 3.63) is 102 Å². The van der Waals surface area contributed by atoms with E-state index in [9.17, 15) is 9.18 Å². The first-order valence-corrected chi connectivity index (χ1v) is 9.96. The molecule has 6 heteroatoms. The van der Waals surface area contributed by atoms with E-state index < -0.39 is 0 Å². The highest BCUT2D eigenvalue weighted by atomic mass is 19.1. The minimum absolute atomic E-state index is 0.243. The number of carbonyl (C=O) groups is 1. The molecule has 0 radical (unpaired) electrons. The Morgan fingerprint density at radius 3 is 2.39 bits per heavy atom. The predicted molar refractivity (Wildman–Crippen MR) is 118 cm³/mol. The zero-order chi connectivity index (χ0) is 21.6. The molecule has 0 atom stereocenters. The Morgan fingerprint density at radius 2 is 1.71 bits per heavy atom. The quantitative estimate of drug-likeness (QED) is 0.478. The van der Waals surface area contributed by atoms with Gasteiger partial charge in [-0.3, -0.25) is 4.79 Å². The molecule has 4 aromatic rings. The lowest BCUT2D eigenvalue weighted by Gasteiger charge is -2.08. The van der Waals surface area contributed by atoms with E-state index in [2.05, 4.69) is 10.4 Å². The molecule has 0 fully saturated rings. The molecule has 0 spiro atoms. The van der Waals surface area contributed by atoms with Gasteiger partial charge in [0.05, 0.1) is 18.5 Å². The average Bonchev–Trinajstić information content (AvgIpc) is 3.26. The molecular formula is C25H22FN3O2. The Kier molecular flexibility index (Phi) is 6.08. The van der Waals surface area contributed by atoms with E-state index in [4.69, 9.17) is 4.74 Å². The fraction of sp³-hybridized carbons (Fsp3) is 0.120. The van der Waals surface area contributed by atoms with E-state index in [0.717, 1.165) is 23.3 Å². The molecule has 0 bridgehead atoms. The monoisotopic (exact) mass is 415 g/mol. The van der Waals surface area contributed by atoms with Gasteiger partial charge in [0.2, 0.25) is 0 Å². The van der Waals surface area contributed by atoms with Crippen LogP contribution in [-0.2, 0) is 6.42 Å². The minimum Gasteiger partial charge on any atom is -0.497 e. The molecule has 156 valence electrons.